The summed E-state index contributed by atoms with van der Waals surface area (Å²) in [7, 11) is 0. The minimum absolute atomic E-state index is 1.19. The van der Waals surface area contributed by atoms with Crippen molar-refractivity contribution in [2.24, 2.45) is 5.73 Å². The fraction of sp³-hybridized carbons (Fsp3) is 0.500. The smallest absolute Gasteiger partial charge is 0.129 e. The van der Waals surface area contributed by atoms with E-state index in [-0.39, 0.29) is 0 Å². The standard InChI is InChI=1S/C4H9NO/c1-3-4(2,5)6/h3,6H,1,5H2,2H3. The molecule has 0 spiro atoms. The van der Waals surface area contributed by atoms with E-state index in [0.717, 1.165) is 0 Å². The van der Waals surface area contributed by atoms with Crippen LogP contribution < -0.4 is 5.73 Å². The maximum atomic E-state index is 8.49. The van der Waals surface area contributed by atoms with Gasteiger partial charge in [-0.2, -0.15) is 0 Å². The summed E-state index contributed by atoms with van der Waals surface area (Å²) in [6, 6.07) is 0. The van der Waals surface area contributed by atoms with E-state index in [1.165, 1.54) is 13.0 Å². The van der Waals surface area contributed by atoms with Gasteiger partial charge in [0.15, 0.2) is 0 Å². The monoisotopic (exact) mass is 87.1 g/mol. The van der Waals surface area contributed by atoms with Gasteiger partial charge in [-0.15, -0.1) is 0 Å². The first-order valence-electron chi connectivity index (χ1n) is 1.71. The van der Waals surface area contributed by atoms with Gasteiger partial charge in [-0.25, -0.2) is 0 Å². The fourth-order valence-corrected chi connectivity index (χ4v) is 0. The molecule has 0 aliphatic rings. The molecule has 0 rings (SSSR count). The normalized spacial score (nSPS) is 19.2. The minimum atomic E-state index is -1.19. The SMILES string of the molecule is C=CC(C)(N)O. The van der Waals surface area contributed by atoms with E-state index in [1.807, 2.05) is 0 Å². The molecule has 0 aromatic carbocycles. The molecule has 0 bridgehead atoms. The van der Waals surface area contributed by atoms with Gasteiger partial charge in [-0.05, 0) is 13.0 Å². The summed E-state index contributed by atoms with van der Waals surface area (Å²) in [5.41, 5.74) is 3.78. The maximum Gasteiger partial charge on any atom is 0.129 e. The van der Waals surface area contributed by atoms with Crippen molar-refractivity contribution in [2.75, 3.05) is 0 Å². The lowest BCUT2D eigenvalue weighted by Gasteiger charge is -2.07. The van der Waals surface area contributed by atoms with Gasteiger partial charge >= 0.3 is 0 Å². The second kappa shape index (κ2) is 1.41. The molecule has 1 unspecified atom stereocenters. The molecule has 0 fully saturated rings. The van der Waals surface area contributed by atoms with Crippen LogP contribution in [0, 0.1) is 0 Å². The van der Waals surface area contributed by atoms with Crippen LogP contribution in [-0.4, -0.2) is 10.8 Å². The van der Waals surface area contributed by atoms with Crippen molar-refractivity contribution in [2.45, 2.75) is 12.6 Å². The summed E-state index contributed by atoms with van der Waals surface area (Å²) in [5.74, 6) is 0. The topological polar surface area (TPSA) is 46.2 Å². The molecule has 0 heterocycles. The van der Waals surface area contributed by atoms with E-state index >= 15 is 0 Å². The Kier molecular flexibility index (Phi) is 1.33. The second-order valence-corrected chi connectivity index (χ2v) is 1.43. The van der Waals surface area contributed by atoms with Crippen molar-refractivity contribution in [3.05, 3.63) is 12.7 Å². The zero-order valence-electron chi connectivity index (χ0n) is 3.81. The van der Waals surface area contributed by atoms with Crippen LogP contribution in [0.1, 0.15) is 6.92 Å². The Hall–Kier alpha value is -0.340. The molecule has 2 heteroatoms. The van der Waals surface area contributed by atoms with Crippen LogP contribution in [0.3, 0.4) is 0 Å². The van der Waals surface area contributed by atoms with Crippen LogP contribution in [0.4, 0.5) is 0 Å². The van der Waals surface area contributed by atoms with Crippen LogP contribution in [0.25, 0.3) is 0 Å². The van der Waals surface area contributed by atoms with Crippen molar-refractivity contribution < 1.29 is 5.11 Å². The number of aliphatic hydroxyl groups is 1. The summed E-state index contributed by atoms with van der Waals surface area (Å²) in [5, 5.41) is 8.49. The van der Waals surface area contributed by atoms with Crippen LogP contribution in [0.5, 0.6) is 0 Å². The average molecular weight is 87.1 g/mol. The minimum Gasteiger partial charge on any atom is -0.373 e. The summed E-state index contributed by atoms with van der Waals surface area (Å²) in [6.07, 6.45) is 1.27. The quantitative estimate of drug-likeness (QED) is 0.345. The number of rotatable bonds is 1. The Balaban J connectivity index is 3.45. The number of nitrogens with two attached hydrogens (primary N) is 1. The van der Waals surface area contributed by atoms with Crippen molar-refractivity contribution >= 4 is 0 Å². The highest BCUT2D eigenvalue weighted by atomic mass is 16.3. The van der Waals surface area contributed by atoms with E-state index in [9.17, 15) is 0 Å². The van der Waals surface area contributed by atoms with Crippen LogP contribution in [-0.2, 0) is 0 Å². The van der Waals surface area contributed by atoms with E-state index in [2.05, 4.69) is 6.58 Å². The molecular formula is C4H9NO. The molecule has 0 aromatic heterocycles. The number of hydrogen-bond donors (Lipinski definition) is 2. The van der Waals surface area contributed by atoms with Crippen molar-refractivity contribution in [1.29, 1.82) is 0 Å². The fourth-order valence-electron chi connectivity index (χ4n) is 0. The first-order chi connectivity index (χ1) is 2.56. The summed E-state index contributed by atoms with van der Waals surface area (Å²) in [4.78, 5) is 0. The zero-order valence-corrected chi connectivity index (χ0v) is 3.81. The predicted molar refractivity (Wildman–Crippen MR) is 25.0 cm³/mol. The highest BCUT2D eigenvalue weighted by Gasteiger charge is 2.02. The predicted octanol–water partition coefficient (Wildman–Crippen LogP) is -0.160. The lowest BCUT2D eigenvalue weighted by atomic mass is 10.3. The molecule has 0 aliphatic carbocycles. The summed E-state index contributed by atoms with van der Waals surface area (Å²) in [6.45, 7) is 4.72. The van der Waals surface area contributed by atoms with E-state index in [4.69, 9.17) is 10.8 Å². The number of hydrogen-bond acceptors (Lipinski definition) is 2. The highest BCUT2D eigenvalue weighted by Crippen LogP contribution is 1.88. The van der Waals surface area contributed by atoms with Gasteiger partial charge in [0.05, 0.1) is 0 Å². The van der Waals surface area contributed by atoms with Gasteiger partial charge in [0, 0.05) is 0 Å². The highest BCUT2D eigenvalue weighted by molar-refractivity contribution is 4.84. The molecule has 36 valence electrons. The molecule has 6 heavy (non-hydrogen) atoms. The third-order valence-electron chi connectivity index (χ3n) is 0.413. The van der Waals surface area contributed by atoms with Crippen molar-refractivity contribution in [3.8, 4) is 0 Å². The second-order valence-electron chi connectivity index (χ2n) is 1.43. The third-order valence-corrected chi connectivity index (χ3v) is 0.413. The summed E-state index contributed by atoms with van der Waals surface area (Å²) < 4.78 is 0. The molecule has 0 amide bonds. The largest absolute Gasteiger partial charge is 0.373 e. The Bertz CT molecular complexity index is 53.1. The third kappa shape index (κ3) is 3.66. The van der Waals surface area contributed by atoms with Crippen molar-refractivity contribution in [3.63, 3.8) is 0 Å². The lowest BCUT2D eigenvalue weighted by molar-refractivity contribution is 0.120. The van der Waals surface area contributed by atoms with E-state index in [0.29, 0.717) is 0 Å². The Morgan fingerprint density at radius 3 is 2.17 bits per heavy atom. The van der Waals surface area contributed by atoms with Crippen LogP contribution in [0.15, 0.2) is 12.7 Å². The molecule has 0 saturated heterocycles. The zero-order chi connectivity index (χ0) is 5.21. The molecule has 2 nitrogen and oxygen atoms in total. The molecule has 0 saturated carbocycles. The van der Waals surface area contributed by atoms with Crippen LogP contribution in [0.2, 0.25) is 0 Å². The first-order valence-corrected chi connectivity index (χ1v) is 1.71. The van der Waals surface area contributed by atoms with Gasteiger partial charge in [0.2, 0.25) is 0 Å². The van der Waals surface area contributed by atoms with Gasteiger partial charge < -0.3 is 10.8 Å². The van der Waals surface area contributed by atoms with Gasteiger partial charge in [-0.1, -0.05) is 6.58 Å². The first kappa shape index (κ1) is 5.66. The Labute approximate surface area is 37.3 Å². The van der Waals surface area contributed by atoms with Gasteiger partial charge in [-0.3, -0.25) is 0 Å². The summed E-state index contributed by atoms with van der Waals surface area (Å²) >= 11 is 0. The van der Waals surface area contributed by atoms with Gasteiger partial charge in [0.1, 0.15) is 5.72 Å². The van der Waals surface area contributed by atoms with Crippen LogP contribution >= 0.6 is 0 Å². The lowest BCUT2D eigenvalue weighted by Crippen LogP contribution is -2.31. The molecule has 0 aromatic rings. The van der Waals surface area contributed by atoms with Gasteiger partial charge in [0.25, 0.3) is 0 Å². The molecule has 0 radical (unpaired) electrons. The Morgan fingerprint density at radius 1 is 2.00 bits per heavy atom. The molecule has 0 aliphatic heterocycles. The Morgan fingerprint density at radius 2 is 2.17 bits per heavy atom. The average Bonchev–Trinajstić information content (AvgIpc) is 1.35. The van der Waals surface area contributed by atoms with Crippen molar-refractivity contribution in [1.82, 2.24) is 0 Å². The molecule has 1 atom stereocenters. The molecule has 3 N–H and O–H groups in total. The molecular weight excluding hydrogens is 78.0 g/mol. The van der Waals surface area contributed by atoms with E-state index in [1.54, 1.807) is 0 Å². The maximum absolute atomic E-state index is 8.49. The van der Waals surface area contributed by atoms with E-state index < -0.39 is 5.72 Å².